The van der Waals surface area contributed by atoms with E-state index < -0.39 is 5.97 Å². The molecule has 35 heavy (non-hydrogen) atoms. The van der Waals surface area contributed by atoms with Gasteiger partial charge >= 0.3 is 5.97 Å². The lowest BCUT2D eigenvalue weighted by molar-refractivity contribution is -0.118. The molecule has 1 N–H and O–H groups in total. The van der Waals surface area contributed by atoms with Gasteiger partial charge in [-0.25, -0.2) is 4.79 Å². The molecule has 8 nitrogen and oxygen atoms in total. The molecular formula is C27H36N2O6. The van der Waals surface area contributed by atoms with E-state index >= 15 is 0 Å². The minimum atomic E-state index is -0.624. The zero-order valence-corrected chi connectivity index (χ0v) is 21.1. The van der Waals surface area contributed by atoms with Gasteiger partial charge in [-0.1, -0.05) is 19.8 Å². The maximum absolute atomic E-state index is 12.7. The molecule has 1 aliphatic heterocycles. The predicted octanol–water partition coefficient (Wildman–Crippen LogP) is 4.28. The highest BCUT2D eigenvalue weighted by molar-refractivity contribution is 5.89. The predicted molar refractivity (Wildman–Crippen MR) is 134 cm³/mol. The second-order valence-corrected chi connectivity index (χ2v) is 8.84. The molecule has 1 unspecified atom stereocenters. The first-order valence-corrected chi connectivity index (χ1v) is 12.3. The fraction of sp³-hybridized carbons (Fsp3) is 0.519. The van der Waals surface area contributed by atoms with Gasteiger partial charge in [0.05, 0.1) is 26.5 Å². The average Bonchev–Trinajstić information content (AvgIpc) is 2.99. The minimum Gasteiger partial charge on any atom is -0.493 e. The van der Waals surface area contributed by atoms with Gasteiger partial charge in [0.25, 0.3) is 0 Å². The first-order valence-electron chi connectivity index (χ1n) is 12.3. The van der Waals surface area contributed by atoms with Crippen LogP contribution in [0.4, 0.5) is 0 Å². The summed E-state index contributed by atoms with van der Waals surface area (Å²) < 4.78 is 18.6. The van der Waals surface area contributed by atoms with E-state index in [2.05, 4.69) is 12.2 Å². The van der Waals surface area contributed by atoms with E-state index in [-0.39, 0.29) is 22.9 Å². The van der Waals surface area contributed by atoms with Crippen LogP contribution in [0.25, 0.3) is 11.3 Å². The van der Waals surface area contributed by atoms with Crippen LogP contribution in [-0.4, -0.2) is 43.8 Å². The highest BCUT2D eigenvalue weighted by Gasteiger charge is 2.25. The Bertz CT molecular complexity index is 1110. The Labute approximate surface area is 206 Å². The van der Waals surface area contributed by atoms with Crippen LogP contribution >= 0.6 is 0 Å². The summed E-state index contributed by atoms with van der Waals surface area (Å²) in [6, 6.07) is 5.62. The van der Waals surface area contributed by atoms with Gasteiger partial charge in [-0.05, 0) is 49.8 Å². The van der Waals surface area contributed by atoms with Crippen LogP contribution in [0.5, 0.6) is 11.5 Å². The van der Waals surface area contributed by atoms with Crippen molar-refractivity contribution < 1.29 is 23.8 Å². The summed E-state index contributed by atoms with van der Waals surface area (Å²) in [6.07, 6.45) is 8.11. The topological polar surface area (TPSA) is 95.9 Å². The van der Waals surface area contributed by atoms with E-state index in [4.69, 9.17) is 14.2 Å². The molecule has 8 heteroatoms. The van der Waals surface area contributed by atoms with Crippen LogP contribution in [0.1, 0.15) is 74.3 Å². The number of esters is 1. The Kier molecular flexibility index (Phi) is 9.34. The SMILES string of the molecule is CCC1CCc2cc(OCCCCCCNC(C)=O)c(OC)cc2-c2cc(=O)c(C(=O)OC)cn21. The maximum atomic E-state index is 12.7. The van der Waals surface area contributed by atoms with Crippen LogP contribution in [0.15, 0.2) is 29.2 Å². The lowest BCUT2D eigenvalue weighted by Crippen LogP contribution is -2.21. The van der Waals surface area contributed by atoms with Crippen molar-refractivity contribution in [3.63, 3.8) is 0 Å². The molecule has 1 aromatic carbocycles. The molecular weight excluding hydrogens is 448 g/mol. The zero-order valence-electron chi connectivity index (χ0n) is 21.1. The number of nitrogens with zero attached hydrogens (tertiary/aromatic N) is 1. The number of carbonyl (C=O) groups excluding carboxylic acids is 2. The van der Waals surface area contributed by atoms with Crippen LogP contribution in [0, 0.1) is 0 Å². The smallest absolute Gasteiger partial charge is 0.343 e. The van der Waals surface area contributed by atoms with Crippen LogP contribution in [0.2, 0.25) is 0 Å². The number of pyridine rings is 1. The quantitative estimate of drug-likeness (QED) is 0.378. The standard InChI is InChI=1S/C27H36N2O6/c1-5-20-11-10-19-14-26(35-13-9-7-6-8-12-28-18(2)30)25(33-3)15-21(19)23-16-24(31)22(17-29(20)23)27(32)34-4/h14-17,20H,5-13H2,1-4H3,(H,28,30). The summed E-state index contributed by atoms with van der Waals surface area (Å²) in [5.74, 6) is 0.686. The number of unbranched alkanes of at least 4 members (excludes halogenated alkanes) is 3. The average molecular weight is 485 g/mol. The number of aryl methyl sites for hydroxylation is 1. The number of fused-ring (bicyclic) bond motifs is 3. The number of hydrogen-bond acceptors (Lipinski definition) is 6. The molecule has 2 aromatic rings. The van der Waals surface area contributed by atoms with Gasteiger partial charge in [0.2, 0.25) is 5.91 Å². The van der Waals surface area contributed by atoms with Crippen molar-refractivity contribution in [3.8, 4) is 22.8 Å². The lowest BCUT2D eigenvalue weighted by atomic mass is 9.99. The van der Waals surface area contributed by atoms with Gasteiger partial charge in [-0.15, -0.1) is 0 Å². The third-order valence-electron chi connectivity index (χ3n) is 6.46. The Balaban J connectivity index is 1.80. The van der Waals surface area contributed by atoms with Gasteiger partial charge in [0, 0.05) is 37.3 Å². The van der Waals surface area contributed by atoms with E-state index in [1.54, 1.807) is 13.3 Å². The molecule has 0 aliphatic carbocycles. The van der Waals surface area contributed by atoms with E-state index in [1.807, 2.05) is 16.7 Å². The van der Waals surface area contributed by atoms with Crippen LogP contribution < -0.4 is 20.2 Å². The number of methoxy groups -OCH3 is 2. The molecule has 0 bridgehead atoms. The molecule has 1 aromatic heterocycles. The maximum Gasteiger partial charge on any atom is 0.343 e. The molecule has 190 valence electrons. The number of rotatable bonds is 11. The summed E-state index contributed by atoms with van der Waals surface area (Å²) >= 11 is 0. The van der Waals surface area contributed by atoms with E-state index in [0.717, 1.165) is 61.8 Å². The second kappa shape index (κ2) is 12.4. The van der Waals surface area contributed by atoms with Crippen molar-refractivity contribution in [2.75, 3.05) is 27.4 Å². The van der Waals surface area contributed by atoms with Crippen molar-refractivity contribution in [1.29, 1.82) is 0 Å². The van der Waals surface area contributed by atoms with Gasteiger partial charge in [0.15, 0.2) is 16.9 Å². The van der Waals surface area contributed by atoms with Crippen molar-refractivity contribution in [2.24, 2.45) is 0 Å². The van der Waals surface area contributed by atoms with E-state index in [1.165, 1.54) is 20.1 Å². The fourth-order valence-electron chi connectivity index (χ4n) is 4.54. The summed E-state index contributed by atoms with van der Waals surface area (Å²) in [7, 11) is 2.89. The third-order valence-corrected chi connectivity index (χ3v) is 6.46. The fourth-order valence-corrected chi connectivity index (χ4v) is 4.54. The highest BCUT2D eigenvalue weighted by atomic mass is 16.5. The van der Waals surface area contributed by atoms with E-state index in [0.29, 0.717) is 24.7 Å². The molecule has 1 aliphatic rings. The first-order chi connectivity index (χ1) is 16.9. The number of nitrogens with one attached hydrogen (secondary N) is 1. The molecule has 0 fully saturated rings. The largest absolute Gasteiger partial charge is 0.493 e. The van der Waals surface area contributed by atoms with Crippen molar-refractivity contribution >= 4 is 11.9 Å². The van der Waals surface area contributed by atoms with E-state index in [9.17, 15) is 14.4 Å². The molecule has 1 atom stereocenters. The van der Waals surface area contributed by atoms with Gasteiger partial charge in [-0.3, -0.25) is 9.59 Å². The van der Waals surface area contributed by atoms with Crippen molar-refractivity contribution in [1.82, 2.24) is 9.88 Å². The summed E-state index contributed by atoms with van der Waals surface area (Å²) in [4.78, 5) is 35.8. The summed E-state index contributed by atoms with van der Waals surface area (Å²) in [5, 5.41) is 2.81. The Morgan fingerprint density at radius 3 is 2.54 bits per heavy atom. The molecule has 0 radical (unpaired) electrons. The minimum absolute atomic E-state index is 0.00491. The van der Waals surface area contributed by atoms with Crippen molar-refractivity contribution in [2.45, 2.75) is 64.8 Å². The lowest BCUT2D eigenvalue weighted by Gasteiger charge is -2.21. The Morgan fingerprint density at radius 1 is 1.09 bits per heavy atom. The molecule has 3 rings (SSSR count). The number of ether oxygens (including phenoxy) is 3. The molecule has 2 heterocycles. The van der Waals surface area contributed by atoms with Gasteiger partial charge < -0.3 is 24.1 Å². The second-order valence-electron chi connectivity index (χ2n) is 8.84. The molecule has 0 spiro atoms. The number of carbonyl (C=O) groups is 2. The Morgan fingerprint density at radius 2 is 1.86 bits per heavy atom. The Hall–Kier alpha value is -3.29. The molecule has 1 amide bonds. The third kappa shape index (κ3) is 6.44. The summed E-state index contributed by atoms with van der Waals surface area (Å²) in [5.41, 5.74) is 2.46. The first kappa shape index (κ1) is 26.3. The van der Waals surface area contributed by atoms with Crippen LogP contribution in [-0.2, 0) is 16.0 Å². The van der Waals surface area contributed by atoms with Crippen LogP contribution in [0.3, 0.4) is 0 Å². The highest BCUT2D eigenvalue weighted by Crippen LogP contribution is 2.40. The summed E-state index contributed by atoms with van der Waals surface area (Å²) in [6.45, 7) is 4.91. The van der Waals surface area contributed by atoms with Gasteiger partial charge in [0.1, 0.15) is 5.56 Å². The normalized spacial score (nSPS) is 14.3. The number of amides is 1. The van der Waals surface area contributed by atoms with Gasteiger partial charge in [-0.2, -0.15) is 0 Å². The molecule has 0 saturated heterocycles. The number of benzene rings is 1. The zero-order chi connectivity index (χ0) is 25.4. The van der Waals surface area contributed by atoms with Crippen molar-refractivity contribution in [3.05, 3.63) is 45.7 Å². The number of aromatic nitrogens is 1. The number of hydrogen-bond donors (Lipinski definition) is 1. The molecule has 0 saturated carbocycles. The monoisotopic (exact) mass is 484 g/mol.